The molecule has 112 valence electrons. The molecule has 2 amide bonds. The Kier molecular flexibility index (Phi) is 5.69. The van der Waals surface area contributed by atoms with Crippen LogP contribution in [0.2, 0.25) is 0 Å². The van der Waals surface area contributed by atoms with Gasteiger partial charge in [0.05, 0.1) is 7.11 Å². The highest BCUT2D eigenvalue weighted by molar-refractivity contribution is 8.03. The second-order valence-corrected chi connectivity index (χ2v) is 5.20. The van der Waals surface area contributed by atoms with Crippen molar-refractivity contribution in [1.29, 1.82) is 5.26 Å². The highest BCUT2D eigenvalue weighted by Crippen LogP contribution is 2.19. The van der Waals surface area contributed by atoms with Crippen molar-refractivity contribution in [3.63, 3.8) is 0 Å². The topological polar surface area (TPSA) is 74.2 Å². The molecule has 0 aliphatic carbocycles. The number of nitrogens with zero attached hydrogens (tertiary/aromatic N) is 1. The summed E-state index contributed by atoms with van der Waals surface area (Å²) in [5.74, 6) is 0.737. The average molecular weight is 313 g/mol. The fraction of sp³-hybridized carbons (Fsp3) is 0.125. The molecule has 2 rings (SSSR count). The van der Waals surface area contributed by atoms with Gasteiger partial charge in [0, 0.05) is 22.7 Å². The lowest BCUT2D eigenvalue weighted by Gasteiger charge is -2.10. The number of anilines is 1. The molecule has 0 heterocycles. The number of carbonyl (C=O) groups excluding carboxylic acids is 1. The van der Waals surface area contributed by atoms with E-state index in [4.69, 9.17) is 10.00 Å². The van der Waals surface area contributed by atoms with Crippen LogP contribution >= 0.6 is 11.8 Å². The number of thioether (sulfide) groups is 1. The Labute approximate surface area is 133 Å². The molecule has 0 atom stereocenters. The molecule has 0 bridgehead atoms. The summed E-state index contributed by atoms with van der Waals surface area (Å²) < 4.78 is 5.23. The summed E-state index contributed by atoms with van der Waals surface area (Å²) in [5, 5.41) is 16.1. The van der Waals surface area contributed by atoms with Crippen LogP contribution in [-0.4, -0.2) is 13.1 Å². The zero-order valence-corrected chi connectivity index (χ0v) is 12.8. The van der Waals surface area contributed by atoms with Crippen LogP contribution in [0, 0.1) is 10.7 Å². The van der Waals surface area contributed by atoms with Crippen molar-refractivity contribution < 1.29 is 9.53 Å². The van der Waals surface area contributed by atoms with Gasteiger partial charge in [-0.3, -0.25) is 0 Å². The van der Waals surface area contributed by atoms with Gasteiger partial charge >= 0.3 is 6.03 Å². The van der Waals surface area contributed by atoms with E-state index in [-0.39, 0.29) is 6.03 Å². The van der Waals surface area contributed by atoms with Crippen LogP contribution in [0.25, 0.3) is 0 Å². The first-order valence-corrected chi connectivity index (χ1v) is 7.37. The lowest BCUT2D eigenvalue weighted by Crippen LogP contribution is -2.28. The van der Waals surface area contributed by atoms with Crippen molar-refractivity contribution in [1.82, 2.24) is 5.32 Å². The first-order valence-electron chi connectivity index (χ1n) is 6.55. The standard InChI is InChI=1S/C16H15N3O2S/c1-21-15-5-3-2-4-12(15)10-18-16(20)19-13-6-8-14(9-7-13)22-11-17/h2-9H,10H2,1H3,(H2,18,19,20). The smallest absolute Gasteiger partial charge is 0.319 e. The summed E-state index contributed by atoms with van der Waals surface area (Å²) in [6, 6.07) is 14.3. The molecule has 0 saturated carbocycles. The molecule has 0 aliphatic rings. The maximum atomic E-state index is 11.9. The fourth-order valence-corrected chi connectivity index (χ4v) is 2.24. The predicted molar refractivity (Wildman–Crippen MR) is 86.8 cm³/mol. The van der Waals surface area contributed by atoms with Crippen molar-refractivity contribution >= 4 is 23.5 Å². The second-order valence-electron chi connectivity index (χ2n) is 4.34. The molecule has 2 N–H and O–H groups in total. The third-order valence-electron chi connectivity index (χ3n) is 2.91. The van der Waals surface area contributed by atoms with E-state index in [9.17, 15) is 4.79 Å². The van der Waals surface area contributed by atoms with Gasteiger partial charge in [0.15, 0.2) is 0 Å². The van der Waals surface area contributed by atoms with Gasteiger partial charge in [0.2, 0.25) is 0 Å². The van der Waals surface area contributed by atoms with Gasteiger partial charge in [-0.15, -0.1) is 0 Å². The van der Waals surface area contributed by atoms with E-state index >= 15 is 0 Å². The van der Waals surface area contributed by atoms with Crippen molar-refractivity contribution in [3.8, 4) is 11.2 Å². The largest absolute Gasteiger partial charge is 0.496 e. The number of hydrogen-bond acceptors (Lipinski definition) is 4. The molecule has 2 aromatic carbocycles. The van der Waals surface area contributed by atoms with Gasteiger partial charge in [-0.05, 0) is 42.1 Å². The lowest BCUT2D eigenvalue weighted by atomic mass is 10.2. The molecular formula is C16H15N3O2S. The molecule has 0 unspecified atom stereocenters. The summed E-state index contributed by atoms with van der Waals surface area (Å²) in [4.78, 5) is 12.7. The molecule has 2 aromatic rings. The number of thiocyanates is 1. The first-order chi connectivity index (χ1) is 10.7. The first kappa shape index (κ1) is 15.7. The molecule has 0 aromatic heterocycles. The minimum Gasteiger partial charge on any atom is -0.496 e. The van der Waals surface area contributed by atoms with E-state index in [1.54, 1.807) is 31.4 Å². The molecule has 0 spiro atoms. The predicted octanol–water partition coefficient (Wildman–Crippen LogP) is 3.59. The van der Waals surface area contributed by atoms with Crippen molar-refractivity contribution in [2.24, 2.45) is 0 Å². The van der Waals surface area contributed by atoms with E-state index in [2.05, 4.69) is 10.6 Å². The van der Waals surface area contributed by atoms with E-state index < -0.39 is 0 Å². The summed E-state index contributed by atoms with van der Waals surface area (Å²) in [6.45, 7) is 0.373. The fourth-order valence-electron chi connectivity index (χ4n) is 1.86. The molecule has 0 saturated heterocycles. The molecule has 6 heteroatoms. The minimum atomic E-state index is -0.299. The molecule has 0 fully saturated rings. The number of rotatable bonds is 5. The number of nitrogens with one attached hydrogen (secondary N) is 2. The minimum absolute atomic E-state index is 0.299. The van der Waals surface area contributed by atoms with Gasteiger partial charge in [-0.1, -0.05) is 18.2 Å². The summed E-state index contributed by atoms with van der Waals surface area (Å²) in [5.41, 5.74) is 1.57. The average Bonchev–Trinajstić information content (AvgIpc) is 2.55. The number of ether oxygens (including phenoxy) is 1. The van der Waals surface area contributed by atoms with Gasteiger partial charge < -0.3 is 15.4 Å². The summed E-state index contributed by atoms with van der Waals surface area (Å²) in [7, 11) is 1.60. The number of benzene rings is 2. The van der Waals surface area contributed by atoms with Crippen molar-refractivity contribution in [2.75, 3.05) is 12.4 Å². The highest BCUT2D eigenvalue weighted by atomic mass is 32.2. The maximum Gasteiger partial charge on any atom is 0.319 e. The van der Waals surface area contributed by atoms with Crippen LogP contribution in [-0.2, 0) is 6.54 Å². The Morgan fingerprint density at radius 3 is 2.64 bits per heavy atom. The Morgan fingerprint density at radius 2 is 1.95 bits per heavy atom. The molecule has 0 radical (unpaired) electrons. The molecule has 22 heavy (non-hydrogen) atoms. The third-order valence-corrected chi connectivity index (χ3v) is 3.51. The maximum absolute atomic E-state index is 11.9. The zero-order valence-electron chi connectivity index (χ0n) is 12.0. The van der Waals surface area contributed by atoms with Gasteiger partial charge in [0.25, 0.3) is 0 Å². The summed E-state index contributed by atoms with van der Waals surface area (Å²) in [6.07, 6.45) is 0. The molecule has 0 aliphatic heterocycles. The monoisotopic (exact) mass is 313 g/mol. The SMILES string of the molecule is COc1ccccc1CNC(=O)Nc1ccc(SC#N)cc1. The van der Waals surface area contributed by atoms with Crippen LogP contribution in [0.15, 0.2) is 53.4 Å². The zero-order chi connectivity index (χ0) is 15.8. The van der Waals surface area contributed by atoms with E-state index in [0.717, 1.165) is 28.0 Å². The van der Waals surface area contributed by atoms with Crippen LogP contribution in [0.3, 0.4) is 0 Å². The van der Waals surface area contributed by atoms with Crippen molar-refractivity contribution in [3.05, 3.63) is 54.1 Å². The molecule has 5 nitrogen and oxygen atoms in total. The van der Waals surface area contributed by atoms with Crippen LogP contribution < -0.4 is 15.4 Å². The van der Waals surface area contributed by atoms with Crippen LogP contribution in [0.1, 0.15) is 5.56 Å². The van der Waals surface area contributed by atoms with Crippen LogP contribution in [0.5, 0.6) is 5.75 Å². The number of nitriles is 1. The number of carbonyl (C=O) groups is 1. The number of methoxy groups -OCH3 is 1. The van der Waals surface area contributed by atoms with E-state index in [0.29, 0.717) is 12.2 Å². The van der Waals surface area contributed by atoms with Gasteiger partial charge in [-0.2, -0.15) is 5.26 Å². The highest BCUT2D eigenvalue weighted by Gasteiger charge is 2.05. The van der Waals surface area contributed by atoms with E-state index in [1.165, 1.54) is 0 Å². The number of amides is 2. The quantitative estimate of drug-likeness (QED) is 0.653. The third kappa shape index (κ3) is 4.43. The lowest BCUT2D eigenvalue weighted by molar-refractivity contribution is 0.251. The van der Waals surface area contributed by atoms with Gasteiger partial charge in [-0.25, -0.2) is 4.79 Å². The normalized spacial score (nSPS) is 9.64. The Morgan fingerprint density at radius 1 is 1.23 bits per heavy atom. The second kappa shape index (κ2) is 7.96. The Balaban J connectivity index is 1.89. The van der Waals surface area contributed by atoms with E-state index in [1.807, 2.05) is 29.7 Å². The Bertz CT molecular complexity index is 681. The van der Waals surface area contributed by atoms with Crippen LogP contribution in [0.4, 0.5) is 10.5 Å². The molecular weight excluding hydrogens is 298 g/mol. The van der Waals surface area contributed by atoms with Crippen molar-refractivity contribution in [2.45, 2.75) is 11.4 Å². The number of urea groups is 1. The van der Waals surface area contributed by atoms with Gasteiger partial charge in [0.1, 0.15) is 11.2 Å². The number of para-hydroxylation sites is 1. The number of hydrogen-bond donors (Lipinski definition) is 2. The Hall–Kier alpha value is -2.65. The summed E-state index contributed by atoms with van der Waals surface area (Å²) >= 11 is 1.08.